The van der Waals surface area contributed by atoms with Crippen LogP contribution >= 0.6 is 23.8 Å². The van der Waals surface area contributed by atoms with E-state index in [1.54, 1.807) is 18.2 Å². The van der Waals surface area contributed by atoms with Crippen LogP contribution in [0.15, 0.2) is 113 Å². The Morgan fingerprint density at radius 2 is 1.68 bits per heavy atom. The van der Waals surface area contributed by atoms with Gasteiger partial charge in [-0.05, 0) is 65.8 Å². The average Bonchev–Trinajstić information content (AvgIpc) is 3.43. The third kappa shape index (κ3) is 4.97. The number of fused-ring (bicyclic) bond motifs is 1. The van der Waals surface area contributed by atoms with E-state index >= 15 is 0 Å². The van der Waals surface area contributed by atoms with Crippen molar-refractivity contribution in [2.75, 3.05) is 12.4 Å². The van der Waals surface area contributed by atoms with Crippen molar-refractivity contribution in [2.24, 2.45) is 5.10 Å². The fourth-order valence-electron chi connectivity index (χ4n) is 5.08. The molecule has 8 heteroatoms. The molecule has 0 spiro atoms. The van der Waals surface area contributed by atoms with Gasteiger partial charge in [-0.1, -0.05) is 72.3 Å². The lowest BCUT2D eigenvalue weighted by Gasteiger charge is -2.25. The van der Waals surface area contributed by atoms with Gasteiger partial charge in [0.05, 0.1) is 24.4 Å². The summed E-state index contributed by atoms with van der Waals surface area (Å²) in [5, 5.41) is 11.9. The monoisotopic (exact) mass is 564 g/mol. The molecule has 0 fully saturated rings. The molecule has 0 unspecified atom stereocenters. The Bertz CT molecular complexity index is 1790. The van der Waals surface area contributed by atoms with Gasteiger partial charge in [0.15, 0.2) is 5.11 Å². The molecule has 1 aliphatic heterocycles. The zero-order chi connectivity index (χ0) is 27.6. The van der Waals surface area contributed by atoms with Crippen LogP contribution in [0.1, 0.15) is 23.6 Å². The number of nitrogens with zero attached hydrogens (tertiary/aromatic N) is 2. The zero-order valence-electron chi connectivity index (χ0n) is 21.6. The summed E-state index contributed by atoms with van der Waals surface area (Å²) >= 11 is 12.3. The van der Waals surface area contributed by atoms with Gasteiger partial charge in [0.1, 0.15) is 5.75 Å². The molecule has 0 aliphatic carbocycles. The Kier molecular flexibility index (Phi) is 7.07. The third-order valence-electron chi connectivity index (χ3n) is 6.97. The summed E-state index contributed by atoms with van der Waals surface area (Å²) in [6, 6.07) is 32.7. The second-order valence-electron chi connectivity index (χ2n) is 9.44. The van der Waals surface area contributed by atoms with E-state index in [0.717, 1.165) is 33.5 Å². The first-order chi connectivity index (χ1) is 19.5. The minimum atomic E-state index is -0.234. The number of ether oxygens (including phenoxy) is 1. The van der Waals surface area contributed by atoms with Crippen molar-refractivity contribution < 1.29 is 4.74 Å². The molecule has 0 radical (unpaired) electrons. The lowest BCUT2D eigenvalue weighted by atomic mass is 9.91. The van der Waals surface area contributed by atoms with Gasteiger partial charge in [-0.25, -0.2) is 5.01 Å². The molecule has 2 heterocycles. The van der Waals surface area contributed by atoms with Crippen LogP contribution in [0, 0.1) is 0 Å². The molecule has 4 aromatic carbocycles. The molecule has 0 saturated heterocycles. The molecule has 1 atom stereocenters. The number of hydrogen-bond acceptors (Lipinski definition) is 4. The summed E-state index contributed by atoms with van der Waals surface area (Å²) in [5.74, 6) is 0.758. The Balaban J connectivity index is 1.51. The summed E-state index contributed by atoms with van der Waals surface area (Å²) in [6.45, 7) is 0. The normalized spacial score (nSPS) is 14.7. The Morgan fingerprint density at radius 1 is 0.975 bits per heavy atom. The maximum absolute atomic E-state index is 13.7. The van der Waals surface area contributed by atoms with E-state index in [-0.39, 0.29) is 11.6 Å². The van der Waals surface area contributed by atoms with Crippen LogP contribution in [0.5, 0.6) is 5.75 Å². The molecular formula is C32H25ClN4O2S. The SMILES string of the molecule is COc1ccc([C@H]2CC(c3c(-c4ccccc4)c4cc(Cl)ccc4[nH]c3=O)=NN2C(=S)Nc2ccccc2)cc1. The van der Waals surface area contributed by atoms with E-state index in [1.165, 1.54) is 0 Å². The largest absolute Gasteiger partial charge is 0.497 e. The van der Waals surface area contributed by atoms with Crippen molar-refractivity contribution in [3.63, 3.8) is 0 Å². The number of aromatic amines is 1. The van der Waals surface area contributed by atoms with Crippen LogP contribution in [0.2, 0.25) is 5.02 Å². The van der Waals surface area contributed by atoms with E-state index in [2.05, 4.69) is 10.3 Å². The lowest BCUT2D eigenvalue weighted by molar-refractivity contribution is 0.374. The minimum absolute atomic E-state index is 0.218. The smallest absolute Gasteiger partial charge is 0.258 e. The first kappa shape index (κ1) is 25.8. The molecule has 6 rings (SSSR count). The van der Waals surface area contributed by atoms with E-state index < -0.39 is 0 Å². The first-order valence-corrected chi connectivity index (χ1v) is 13.6. The van der Waals surface area contributed by atoms with Crippen molar-refractivity contribution in [2.45, 2.75) is 12.5 Å². The van der Waals surface area contributed by atoms with Gasteiger partial charge in [0.25, 0.3) is 5.56 Å². The molecule has 198 valence electrons. The highest BCUT2D eigenvalue weighted by Gasteiger charge is 2.34. The van der Waals surface area contributed by atoms with Crippen molar-refractivity contribution >= 4 is 51.2 Å². The Morgan fingerprint density at radius 3 is 2.38 bits per heavy atom. The highest BCUT2D eigenvalue weighted by atomic mass is 35.5. The number of rotatable bonds is 5. The molecule has 2 N–H and O–H groups in total. The number of para-hydroxylation sites is 1. The molecule has 40 heavy (non-hydrogen) atoms. The van der Waals surface area contributed by atoms with Crippen molar-refractivity contribution in [1.82, 2.24) is 9.99 Å². The summed E-state index contributed by atoms with van der Waals surface area (Å²) in [6.07, 6.45) is 0.470. The van der Waals surface area contributed by atoms with Gasteiger partial charge in [-0.3, -0.25) is 4.79 Å². The molecule has 0 saturated carbocycles. The molecule has 5 aromatic rings. The number of aromatic nitrogens is 1. The summed E-state index contributed by atoms with van der Waals surface area (Å²) in [7, 11) is 1.64. The van der Waals surface area contributed by atoms with E-state index in [9.17, 15) is 4.79 Å². The van der Waals surface area contributed by atoms with E-state index in [0.29, 0.717) is 33.3 Å². The van der Waals surface area contributed by atoms with Gasteiger partial charge in [-0.15, -0.1) is 0 Å². The first-order valence-electron chi connectivity index (χ1n) is 12.8. The number of thiocarbonyl (C=S) groups is 1. The Labute approximate surface area is 241 Å². The van der Waals surface area contributed by atoms with Gasteiger partial charge in [-0.2, -0.15) is 5.10 Å². The summed E-state index contributed by atoms with van der Waals surface area (Å²) in [5.41, 5.74) is 5.18. The molecule has 6 nitrogen and oxygen atoms in total. The van der Waals surface area contributed by atoms with Crippen LogP contribution in [0.4, 0.5) is 5.69 Å². The van der Waals surface area contributed by atoms with Gasteiger partial charge in [0, 0.05) is 33.6 Å². The Hall–Kier alpha value is -4.46. The summed E-state index contributed by atoms with van der Waals surface area (Å²) < 4.78 is 5.37. The molecular weight excluding hydrogens is 540 g/mol. The number of halogens is 1. The predicted molar refractivity (Wildman–Crippen MR) is 166 cm³/mol. The second-order valence-corrected chi connectivity index (χ2v) is 10.3. The van der Waals surface area contributed by atoms with E-state index in [1.807, 2.05) is 97.1 Å². The van der Waals surface area contributed by atoms with Crippen LogP contribution in [0.3, 0.4) is 0 Å². The van der Waals surface area contributed by atoms with Crippen LogP contribution < -0.4 is 15.6 Å². The van der Waals surface area contributed by atoms with E-state index in [4.69, 9.17) is 33.7 Å². The van der Waals surface area contributed by atoms with Gasteiger partial charge in [0.2, 0.25) is 0 Å². The van der Waals surface area contributed by atoms with Crippen molar-refractivity contribution in [1.29, 1.82) is 0 Å². The number of pyridine rings is 1. The third-order valence-corrected chi connectivity index (χ3v) is 7.50. The highest BCUT2D eigenvalue weighted by molar-refractivity contribution is 7.80. The molecule has 1 aromatic heterocycles. The van der Waals surface area contributed by atoms with Gasteiger partial charge < -0.3 is 15.0 Å². The highest BCUT2D eigenvalue weighted by Crippen LogP contribution is 2.38. The van der Waals surface area contributed by atoms with Crippen molar-refractivity contribution in [3.8, 4) is 16.9 Å². The zero-order valence-corrected chi connectivity index (χ0v) is 23.2. The maximum atomic E-state index is 13.7. The maximum Gasteiger partial charge on any atom is 0.258 e. The van der Waals surface area contributed by atoms with Crippen LogP contribution in [-0.2, 0) is 0 Å². The fraction of sp³-hybridized carbons (Fsp3) is 0.0938. The lowest BCUT2D eigenvalue weighted by Crippen LogP contribution is -2.31. The fourth-order valence-corrected chi connectivity index (χ4v) is 5.54. The summed E-state index contributed by atoms with van der Waals surface area (Å²) in [4.78, 5) is 16.8. The second kappa shape index (κ2) is 11.0. The number of hydrogen-bond donors (Lipinski definition) is 2. The van der Waals surface area contributed by atoms with Gasteiger partial charge >= 0.3 is 0 Å². The number of nitrogens with one attached hydrogen (secondary N) is 2. The number of benzene rings is 4. The predicted octanol–water partition coefficient (Wildman–Crippen LogP) is 7.41. The number of hydrazone groups is 1. The molecule has 1 aliphatic rings. The van der Waals surface area contributed by atoms with Crippen LogP contribution in [-0.4, -0.2) is 27.9 Å². The molecule has 0 amide bonds. The van der Waals surface area contributed by atoms with Crippen molar-refractivity contribution in [3.05, 3.63) is 130 Å². The number of methoxy groups -OCH3 is 1. The average molecular weight is 565 g/mol. The standard InChI is InChI=1S/C32H25ClN4O2S/c1-39-24-15-12-20(13-16-24)28-19-27(36-37(28)32(40)34-23-10-6-3-7-11-23)30-29(21-8-4-2-5-9-21)25-18-22(33)14-17-26(25)35-31(30)38/h2-18,28H,19H2,1H3,(H,34,40)(H,35,38)/t28-/m1/s1. The quantitative estimate of drug-likeness (QED) is 0.218. The number of H-pyrrole nitrogens is 1. The van der Waals surface area contributed by atoms with Crippen LogP contribution in [0.25, 0.3) is 22.0 Å². The number of anilines is 1. The topological polar surface area (TPSA) is 69.7 Å². The molecule has 0 bridgehead atoms. The minimum Gasteiger partial charge on any atom is -0.497 e.